The molecule has 0 atom stereocenters. The molecule has 112 valence electrons. The largest absolute Gasteiger partial charge is 0.370 e. The van der Waals surface area contributed by atoms with E-state index in [-0.39, 0.29) is 0 Å². The van der Waals surface area contributed by atoms with Crippen LogP contribution >= 0.6 is 0 Å². The van der Waals surface area contributed by atoms with Gasteiger partial charge in [-0.3, -0.25) is 0 Å². The van der Waals surface area contributed by atoms with Gasteiger partial charge >= 0.3 is 0 Å². The number of aromatic nitrogens is 2. The standard InChI is InChI=1S/C15H27N5/c1-12(2)11-20-9-8-17-14(20)10-18-15(16)19-13-6-4-3-5-7-13/h8-9,12-13H,3-7,10-11H2,1-2H3,(H3,16,18,19). The smallest absolute Gasteiger partial charge is 0.189 e. The van der Waals surface area contributed by atoms with E-state index in [1.165, 1.54) is 32.1 Å². The molecule has 3 N–H and O–H groups in total. The Bertz CT molecular complexity index is 429. The minimum Gasteiger partial charge on any atom is -0.370 e. The first-order valence-electron chi connectivity index (χ1n) is 7.71. The zero-order valence-corrected chi connectivity index (χ0v) is 12.7. The molecule has 0 bridgehead atoms. The van der Waals surface area contributed by atoms with Crippen LogP contribution in [-0.2, 0) is 13.1 Å². The number of hydrogen-bond donors (Lipinski definition) is 2. The van der Waals surface area contributed by atoms with Gasteiger partial charge in [-0.2, -0.15) is 0 Å². The maximum absolute atomic E-state index is 5.97. The minimum atomic E-state index is 0.503. The molecule has 0 spiro atoms. The zero-order chi connectivity index (χ0) is 14.4. The lowest BCUT2D eigenvalue weighted by Crippen LogP contribution is -2.41. The van der Waals surface area contributed by atoms with Crippen molar-refractivity contribution in [1.82, 2.24) is 14.9 Å². The fourth-order valence-corrected chi connectivity index (χ4v) is 2.71. The summed E-state index contributed by atoms with van der Waals surface area (Å²) in [6.45, 7) is 5.92. The third kappa shape index (κ3) is 4.54. The predicted molar refractivity (Wildman–Crippen MR) is 82.4 cm³/mol. The third-order valence-corrected chi connectivity index (χ3v) is 3.71. The van der Waals surface area contributed by atoms with Crippen molar-refractivity contribution in [1.29, 1.82) is 0 Å². The van der Waals surface area contributed by atoms with Crippen LogP contribution in [0.3, 0.4) is 0 Å². The molecule has 0 radical (unpaired) electrons. The van der Waals surface area contributed by atoms with E-state index in [2.05, 4.69) is 33.7 Å². The van der Waals surface area contributed by atoms with E-state index in [9.17, 15) is 0 Å². The first-order chi connectivity index (χ1) is 9.65. The lowest BCUT2D eigenvalue weighted by atomic mass is 9.96. The van der Waals surface area contributed by atoms with Crippen LogP contribution in [0.1, 0.15) is 51.8 Å². The highest BCUT2D eigenvalue weighted by Gasteiger charge is 2.13. The molecule has 1 aromatic heterocycles. The van der Waals surface area contributed by atoms with Crippen LogP contribution in [0, 0.1) is 5.92 Å². The van der Waals surface area contributed by atoms with E-state index in [1.54, 1.807) is 0 Å². The fraction of sp³-hybridized carbons (Fsp3) is 0.733. The van der Waals surface area contributed by atoms with Crippen LogP contribution in [-0.4, -0.2) is 21.6 Å². The average Bonchev–Trinajstić information content (AvgIpc) is 2.84. The molecule has 1 fully saturated rings. The van der Waals surface area contributed by atoms with Gasteiger partial charge < -0.3 is 15.6 Å². The second kappa shape index (κ2) is 7.31. The molecule has 2 rings (SSSR count). The van der Waals surface area contributed by atoms with Crippen molar-refractivity contribution in [3.8, 4) is 0 Å². The highest BCUT2D eigenvalue weighted by Crippen LogP contribution is 2.17. The Hall–Kier alpha value is -1.52. The van der Waals surface area contributed by atoms with Crippen molar-refractivity contribution in [3.63, 3.8) is 0 Å². The van der Waals surface area contributed by atoms with E-state index in [4.69, 9.17) is 5.73 Å². The Kier molecular flexibility index (Phi) is 5.44. The Labute approximate surface area is 121 Å². The SMILES string of the molecule is CC(C)Cn1ccnc1CN=C(N)NC1CCCCC1. The zero-order valence-electron chi connectivity index (χ0n) is 12.7. The van der Waals surface area contributed by atoms with Crippen molar-refractivity contribution in [2.45, 2.75) is 65.1 Å². The van der Waals surface area contributed by atoms with Gasteiger partial charge in [0.05, 0.1) is 0 Å². The van der Waals surface area contributed by atoms with E-state index in [1.807, 2.05) is 12.4 Å². The van der Waals surface area contributed by atoms with Gasteiger partial charge in [0.1, 0.15) is 12.4 Å². The molecule has 5 heteroatoms. The molecule has 20 heavy (non-hydrogen) atoms. The topological polar surface area (TPSA) is 68.2 Å². The van der Waals surface area contributed by atoms with Gasteiger partial charge in [-0.1, -0.05) is 33.1 Å². The maximum Gasteiger partial charge on any atom is 0.189 e. The van der Waals surface area contributed by atoms with Gasteiger partial charge in [0.2, 0.25) is 0 Å². The second-order valence-corrected chi connectivity index (χ2v) is 6.07. The molecule has 1 heterocycles. The molecule has 0 unspecified atom stereocenters. The summed E-state index contributed by atoms with van der Waals surface area (Å²) in [5, 5.41) is 3.33. The molecule has 5 nitrogen and oxygen atoms in total. The maximum atomic E-state index is 5.97. The number of nitrogens with two attached hydrogens (primary N) is 1. The highest BCUT2D eigenvalue weighted by atomic mass is 15.1. The fourth-order valence-electron chi connectivity index (χ4n) is 2.71. The molecule has 1 aromatic rings. The molecule has 0 amide bonds. The molecular formula is C15H27N5. The number of nitrogens with one attached hydrogen (secondary N) is 1. The number of imidazole rings is 1. The van der Waals surface area contributed by atoms with E-state index >= 15 is 0 Å². The summed E-state index contributed by atoms with van der Waals surface area (Å²) in [5.74, 6) is 2.13. The molecule has 1 aliphatic carbocycles. The van der Waals surface area contributed by atoms with Crippen LogP contribution in [0.5, 0.6) is 0 Å². The van der Waals surface area contributed by atoms with Crippen LogP contribution in [0.2, 0.25) is 0 Å². The summed E-state index contributed by atoms with van der Waals surface area (Å²) in [6, 6.07) is 0.503. The van der Waals surface area contributed by atoms with Gasteiger partial charge in [0.15, 0.2) is 5.96 Å². The van der Waals surface area contributed by atoms with Crippen LogP contribution in [0.15, 0.2) is 17.4 Å². The molecule has 0 saturated heterocycles. The predicted octanol–water partition coefficient (Wildman–Crippen LogP) is 2.28. The number of guanidine groups is 1. The molecule has 1 aliphatic rings. The van der Waals surface area contributed by atoms with Crippen molar-refractivity contribution >= 4 is 5.96 Å². The molecule has 1 saturated carbocycles. The Balaban J connectivity index is 1.86. The van der Waals surface area contributed by atoms with Gasteiger partial charge in [0.25, 0.3) is 0 Å². The van der Waals surface area contributed by atoms with Crippen molar-refractivity contribution in [2.75, 3.05) is 0 Å². The summed E-state index contributed by atoms with van der Waals surface area (Å²) in [5.41, 5.74) is 5.97. The van der Waals surface area contributed by atoms with Gasteiger partial charge in [-0.15, -0.1) is 0 Å². The average molecular weight is 277 g/mol. The summed E-state index contributed by atoms with van der Waals surface area (Å²) in [4.78, 5) is 8.79. The lowest BCUT2D eigenvalue weighted by molar-refractivity contribution is 0.412. The monoisotopic (exact) mass is 277 g/mol. The summed E-state index contributed by atoms with van der Waals surface area (Å²) < 4.78 is 2.15. The number of rotatable bonds is 5. The van der Waals surface area contributed by atoms with Crippen molar-refractivity contribution in [2.24, 2.45) is 16.6 Å². The van der Waals surface area contributed by atoms with Crippen LogP contribution in [0.25, 0.3) is 0 Å². The number of aliphatic imine (C=N–C) groups is 1. The number of hydrogen-bond acceptors (Lipinski definition) is 2. The lowest BCUT2D eigenvalue weighted by Gasteiger charge is -2.23. The first-order valence-corrected chi connectivity index (χ1v) is 7.71. The van der Waals surface area contributed by atoms with Crippen LogP contribution < -0.4 is 11.1 Å². The Morgan fingerprint density at radius 3 is 2.90 bits per heavy atom. The summed E-state index contributed by atoms with van der Waals surface area (Å²) in [7, 11) is 0. The normalized spacial score (nSPS) is 17.6. The van der Waals surface area contributed by atoms with Gasteiger partial charge in [-0.05, 0) is 18.8 Å². The Morgan fingerprint density at radius 2 is 2.20 bits per heavy atom. The van der Waals surface area contributed by atoms with E-state index in [0.29, 0.717) is 24.5 Å². The molecular weight excluding hydrogens is 250 g/mol. The van der Waals surface area contributed by atoms with Gasteiger partial charge in [-0.25, -0.2) is 9.98 Å². The Morgan fingerprint density at radius 1 is 1.45 bits per heavy atom. The highest BCUT2D eigenvalue weighted by molar-refractivity contribution is 5.78. The minimum absolute atomic E-state index is 0.503. The first kappa shape index (κ1) is 14.9. The van der Waals surface area contributed by atoms with E-state index < -0.39 is 0 Å². The molecule has 0 aromatic carbocycles. The summed E-state index contributed by atoms with van der Waals surface area (Å²) in [6.07, 6.45) is 10.2. The van der Waals surface area contributed by atoms with Gasteiger partial charge in [0, 0.05) is 25.0 Å². The third-order valence-electron chi connectivity index (χ3n) is 3.71. The second-order valence-electron chi connectivity index (χ2n) is 6.07. The summed E-state index contributed by atoms with van der Waals surface area (Å²) >= 11 is 0. The van der Waals surface area contributed by atoms with Crippen molar-refractivity contribution in [3.05, 3.63) is 18.2 Å². The van der Waals surface area contributed by atoms with Crippen LogP contribution in [0.4, 0.5) is 0 Å². The van der Waals surface area contributed by atoms with E-state index in [0.717, 1.165) is 12.4 Å². The quantitative estimate of drug-likeness (QED) is 0.641. The van der Waals surface area contributed by atoms with Crippen molar-refractivity contribution < 1.29 is 0 Å². The molecule has 0 aliphatic heterocycles. The number of nitrogens with zero attached hydrogens (tertiary/aromatic N) is 3.